The molecular weight excluding hydrogens is 200 g/mol. The highest BCUT2D eigenvalue weighted by atomic mass is 15.0. The lowest BCUT2D eigenvalue weighted by atomic mass is 10.2. The van der Waals surface area contributed by atoms with E-state index >= 15 is 0 Å². The van der Waals surface area contributed by atoms with Crippen LogP contribution in [-0.2, 0) is 6.54 Å². The third-order valence-electron chi connectivity index (χ3n) is 2.32. The Labute approximate surface area is 94.5 Å². The lowest BCUT2D eigenvalue weighted by molar-refractivity contribution is 1.05. The van der Waals surface area contributed by atoms with Crippen LogP contribution in [0.2, 0.25) is 0 Å². The Balaban J connectivity index is 2.02. The minimum atomic E-state index is 0.722. The predicted molar refractivity (Wildman–Crippen MR) is 65.0 cm³/mol. The molecule has 0 saturated heterocycles. The number of benzene rings is 1. The van der Waals surface area contributed by atoms with Gasteiger partial charge in [0, 0.05) is 24.6 Å². The Hall–Kier alpha value is -2.10. The maximum Gasteiger partial charge on any atom is 0.147 e. The molecule has 1 heterocycles. The summed E-state index contributed by atoms with van der Waals surface area (Å²) < 4.78 is 0. The Kier molecular flexibility index (Phi) is 3.00. The number of anilines is 2. The molecule has 0 saturated carbocycles. The van der Waals surface area contributed by atoms with Crippen molar-refractivity contribution in [1.29, 1.82) is 0 Å². The van der Waals surface area contributed by atoms with Gasteiger partial charge in [-0.1, -0.05) is 12.1 Å². The van der Waals surface area contributed by atoms with Crippen LogP contribution in [0, 0.1) is 6.92 Å². The summed E-state index contributed by atoms with van der Waals surface area (Å²) in [6.07, 6.45) is 3.36. The lowest BCUT2D eigenvalue weighted by Crippen LogP contribution is -2.03. The average molecular weight is 214 g/mol. The van der Waals surface area contributed by atoms with E-state index in [0.29, 0.717) is 0 Å². The van der Waals surface area contributed by atoms with Crippen molar-refractivity contribution in [1.82, 2.24) is 9.97 Å². The van der Waals surface area contributed by atoms with Gasteiger partial charge in [-0.05, 0) is 24.6 Å². The predicted octanol–water partition coefficient (Wildman–Crippen LogP) is 1.98. The van der Waals surface area contributed by atoms with E-state index < -0.39 is 0 Å². The van der Waals surface area contributed by atoms with Gasteiger partial charge in [0.2, 0.25) is 0 Å². The number of rotatable bonds is 3. The van der Waals surface area contributed by atoms with Crippen molar-refractivity contribution < 1.29 is 0 Å². The van der Waals surface area contributed by atoms with Crippen LogP contribution >= 0.6 is 0 Å². The molecule has 0 aliphatic heterocycles. The Morgan fingerprint density at radius 1 is 1.12 bits per heavy atom. The van der Waals surface area contributed by atoms with Crippen molar-refractivity contribution >= 4 is 11.5 Å². The fourth-order valence-electron chi connectivity index (χ4n) is 1.40. The Morgan fingerprint density at radius 3 is 2.50 bits per heavy atom. The van der Waals surface area contributed by atoms with Crippen molar-refractivity contribution in [3.8, 4) is 0 Å². The molecule has 0 amide bonds. The molecule has 1 aromatic carbocycles. The molecule has 16 heavy (non-hydrogen) atoms. The molecule has 1 aromatic heterocycles. The van der Waals surface area contributed by atoms with Crippen LogP contribution in [0.15, 0.2) is 36.7 Å². The van der Waals surface area contributed by atoms with E-state index in [1.165, 1.54) is 5.56 Å². The second-order valence-electron chi connectivity index (χ2n) is 3.59. The van der Waals surface area contributed by atoms with Crippen molar-refractivity contribution in [2.24, 2.45) is 0 Å². The van der Waals surface area contributed by atoms with Crippen LogP contribution in [0.1, 0.15) is 11.3 Å². The van der Waals surface area contributed by atoms with Gasteiger partial charge < -0.3 is 11.1 Å². The molecule has 0 fully saturated rings. The van der Waals surface area contributed by atoms with E-state index in [1.807, 2.05) is 31.2 Å². The first-order valence-electron chi connectivity index (χ1n) is 5.11. The van der Waals surface area contributed by atoms with Crippen LogP contribution < -0.4 is 11.1 Å². The van der Waals surface area contributed by atoms with E-state index in [4.69, 9.17) is 5.73 Å². The molecule has 2 aromatic rings. The van der Waals surface area contributed by atoms with E-state index in [-0.39, 0.29) is 0 Å². The number of nitrogens with zero attached hydrogens (tertiary/aromatic N) is 2. The van der Waals surface area contributed by atoms with Gasteiger partial charge in [-0.3, -0.25) is 4.98 Å². The number of aryl methyl sites for hydroxylation is 1. The molecule has 3 N–H and O–H groups in total. The van der Waals surface area contributed by atoms with Gasteiger partial charge in [-0.15, -0.1) is 0 Å². The second-order valence-corrected chi connectivity index (χ2v) is 3.59. The normalized spacial score (nSPS) is 10.1. The number of hydrogen-bond acceptors (Lipinski definition) is 4. The van der Waals surface area contributed by atoms with Crippen LogP contribution in [-0.4, -0.2) is 9.97 Å². The highest BCUT2D eigenvalue weighted by Gasteiger charge is 1.99. The summed E-state index contributed by atoms with van der Waals surface area (Å²) >= 11 is 0. The standard InChI is InChI=1S/C12H14N4/c1-9-12(15-7-6-14-9)16-8-10-2-4-11(13)5-3-10/h2-7H,8,13H2,1H3,(H,15,16). The third-order valence-corrected chi connectivity index (χ3v) is 2.32. The van der Waals surface area contributed by atoms with Gasteiger partial charge in [0.25, 0.3) is 0 Å². The highest BCUT2D eigenvalue weighted by Crippen LogP contribution is 2.10. The fraction of sp³-hybridized carbons (Fsp3) is 0.167. The molecule has 0 aliphatic rings. The zero-order valence-corrected chi connectivity index (χ0v) is 9.14. The number of hydrogen-bond donors (Lipinski definition) is 2. The van der Waals surface area contributed by atoms with Gasteiger partial charge in [0.05, 0.1) is 5.69 Å². The zero-order chi connectivity index (χ0) is 11.4. The number of aromatic nitrogens is 2. The Bertz CT molecular complexity index is 465. The topological polar surface area (TPSA) is 63.8 Å². The van der Waals surface area contributed by atoms with Crippen molar-refractivity contribution in [2.45, 2.75) is 13.5 Å². The van der Waals surface area contributed by atoms with Gasteiger partial charge in [0.1, 0.15) is 5.82 Å². The molecular formula is C12H14N4. The van der Waals surface area contributed by atoms with Crippen molar-refractivity contribution in [2.75, 3.05) is 11.1 Å². The summed E-state index contributed by atoms with van der Waals surface area (Å²) in [5, 5.41) is 3.23. The molecule has 0 aliphatic carbocycles. The Morgan fingerprint density at radius 2 is 1.81 bits per heavy atom. The monoisotopic (exact) mass is 214 g/mol. The second kappa shape index (κ2) is 4.61. The summed E-state index contributed by atoms with van der Waals surface area (Å²) in [5.41, 5.74) is 8.46. The number of nitrogen functional groups attached to an aromatic ring is 1. The molecule has 0 spiro atoms. The fourth-order valence-corrected chi connectivity index (χ4v) is 1.40. The summed E-state index contributed by atoms with van der Waals surface area (Å²) in [4.78, 5) is 8.37. The molecule has 0 radical (unpaired) electrons. The third kappa shape index (κ3) is 2.48. The first-order valence-corrected chi connectivity index (χ1v) is 5.11. The van der Waals surface area contributed by atoms with E-state index in [9.17, 15) is 0 Å². The average Bonchev–Trinajstić information content (AvgIpc) is 2.30. The van der Waals surface area contributed by atoms with E-state index in [2.05, 4.69) is 15.3 Å². The summed E-state index contributed by atoms with van der Waals surface area (Å²) in [6, 6.07) is 7.77. The summed E-state index contributed by atoms with van der Waals surface area (Å²) in [6.45, 7) is 2.65. The molecule has 0 unspecified atom stereocenters. The highest BCUT2D eigenvalue weighted by molar-refractivity contribution is 5.42. The molecule has 2 rings (SSSR count). The van der Waals surface area contributed by atoms with Gasteiger partial charge >= 0.3 is 0 Å². The molecule has 82 valence electrons. The minimum absolute atomic E-state index is 0.722. The van der Waals surface area contributed by atoms with Gasteiger partial charge in [-0.2, -0.15) is 0 Å². The first kappa shape index (κ1) is 10.4. The summed E-state index contributed by atoms with van der Waals surface area (Å²) in [5.74, 6) is 0.819. The van der Waals surface area contributed by atoms with Gasteiger partial charge in [0.15, 0.2) is 0 Å². The number of nitrogens with one attached hydrogen (secondary N) is 1. The number of nitrogens with two attached hydrogens (primary N) is 1. The SMILES string of the molecule is Cc1nccnc1NCc1ccc(N)cc1. The van der Waals surface area contributed by atoms with Crippen LogP contribution in [0.5, 0.6) is 0 Å². The molecule has 0 atom stereocenters. The van der Waals surface area contributed by atoms with Gasteiger partial charge in [-0.25, -0.2) is 4.98 Å². The summed E-state index contributed by atoms with van der Waals surface area (Å²) in [7, 11) is 0. The maximum absolute atomic E-state index is 5.62. The lowest BCUT2D eigenvalue weighted by Gasteiger charge is -2.07. The van der Waals surface area contributed by atoms with Crippen LogP contribution in [0.25, 0.3) is 0 Å². The van der Waals surface area contributed by atoms with E-state index in [0.717, 1.165) is 23.7 Å². The largest absolute Gasteiger partial charge is 0.399 e. The minimum Gasteiger partial charge on any atom is -0.399 e. The smallest absolute Gasteiger partial charge is 0.147 e. The van der Waals surface area contributed by atoms with Crippen LogP contribution in [0.4, 0.5) is 11.5 Å². The van der Waals surface area contributed by atoms with E-state index in [1.54, 1.807) is 12.4 Å². The molecule has 0 bridgehead atoms. The van der Waals surface area contributed by atoms with Crippen molar-refractivity contribution in [3.63, 3.8) is 0 Å². The zero-order valence-electron chi connectivity index (χ0n) is 9.14. The van der Waals surface area contributed by atoms with Crippen LogP contribution in [0.3, 0.4) is 0 Å². The molecule has 4 heteroatoms. The molecule has 4 nitrogen and oxygen atoms in total. The maximum atomic E-state index is 5.62. The quantitative estimate of drug-likeness (QED) is 0.767. The van der Waals surface area contributed by atoms with Crippen molar-refractivity contribution in [3.05, 3.63) is 47.9 Å². The first-order chi connectivity index (χ1) is 7.75.